The van der Waals surface area contributed by atoms with Gasteiger partial charge < -0.3 is 13.3 Å². The Bertz CT molecular complexity index is 169. The van der Waals surface area contributed by atoms with Gasteiger partial charge >= 0.3 is 8.80 Å². The van der Waals surface area contributed by atoms with Gasteiger partial charge in [0.1, 0.15) is 6.26 Å². The zero-order valence-electron chi connectivity index (χ0n) is 6.79. The number of hydrogen-bond acceptors (Lipinski definition) is 3. The van der Waals surface area contributed by atoms with Crippen LogP contribution < -0.4 is 0 Å². The summed E-state index contributed by atoms with van der Waals surface area (Å²) in [7, 11) is 0.384. The van der Waals surface area contributed by atoms with E-state index in [0.717, 1.165) is 0 Å². The molecule has 62 valence electrons. The van der Waals surface area contributed by atoms with Crippen molar-refractivity contribution in [3.63, 3.8) is 0 Å². The first-order valence-corrected chi connectivity index (χ1v) is 4.81. The summed E-state index contributed by atoms with van der Waals surface area (Å²) in [6, 6.07) is 0. The van der Waals surface area contributed by atoms with Crippen molar-refractivity contribution in [2.45, 2.75) is 0 Å². The molecule has 0 saturated carbocycles. The SMILES string of the molecule is C=C=CO[Si](C=C)(OC)OC. The molecule has 0 amide bonds. The lowest BCUT2D eigenvalue weighted by Gasteiger charge is -2.19. The van der Waals surface area contributed by atoms with E-state index in [1.54, 1.807) is 0 Å². The van der Waals surface area contributed by atoms with E-state index in [1.165, 1.54) is 26.2 Å². The molecule has 0 heterocycles. The van der Waals surface area contributed by atoms with Crippen molar-refractivity contribution < 1.29 is 13.3 Å². The molecule has 4 heteroatoms. The molecule has 0 saturated heterocycles. The van der Waals surface area contributed by atoms with Crippen molar-refractivity contribution in [1.82, 2.24) is 0 Å². The van der Waals surface area contributed by atoms with Gasteiger partial charge in [-0.2, -0.15) is 0 Å². The van der Waals surface area contributed by atoms with Crippen LogP contribution in [0.5, 0.6) is 0 Å². The number of rotatable bonds is 5. The first-order chi connectivity index (χ1) is 5.24. The Kier molecular flexibility index (Phi) is 4.57. The van der Waals surface area contributed by atoms with Gasteiger partial charge in [-0.25, -0.2) is 0 Å². The molecule has 0 aliphatic heterocycles. The summed E-state index contributed by atoms with van der Waals surface area (Å²) < 4.78 is 15.1. The highest BCUT2D eigenvalue weighted by atomic mass is 28.4. The maximum Gasteiger partial charge on any atom is 0.594 e. The van der Waals surface area contributed by atoms with Crippen molar-refractivity contribution in [3.8, 4) is 0 Å². The Morgan fingerprint density at radius 1 is 1.36 bits per heavy atom. The fourth-order valence-electron chi connectivity index (χ4n) is 0.518. The molecule has 0 atom stereocenters. The molecule has 0 fully saturated rings. The first-order valence-electron chi connectivity index (χ1n) is 3.00. The predicted octanol–water partition coefficient (Wildman–Crippen LogP) is 1.26. The summed E-state index contributed by atoms with van der Waals surface area (Å²) in [5.74, 6) is 0. The van der Waals surface area contributed by atoms with Crippen molar-refractivity contribution in [3.05, 3.63) is 30.9 Å². The highest BCUT2D eigenvalue weighted by molar-refractivity contribution is 6.66. The lowest BCUT2D eigenvalue weighted by Crippen LogP contribution is -2.40. The third-order valence-corrected chi connectivity index (χ3v) is 3.21. The lowest BCUT2D eigenvalue weighted by atomic mass is 11.0. The van der Waals surface area contributed by atoms with Crippen molar-refractivity contribution >= 4 is 8.80 Å². The van der Waals surface area contributed by atoms with E-state index in [4.69, 9.17) is 13.3 Å². The van der Waals surface area contributed by atoms with Gasteiger partial charge in [-0.15, -0.1) is 0 Å². The molecule has 0 rings (SSSR count). The van der Waals surface area contributed by atoms with Gasteiger partial charge in [-0.05, 0) is 5.70 Å². The predicted molar refractivity (Wildman–Crippen MR) is 44.8 cm³/mol. The second-order valence-corrected chi connectivity index (χ2v) is 4.32. The average molecular weight is 172 g/mol. The largest absolute Gasteiger partial charge is 0.594 e. The van der Waals surface area contributed by atoms with E-state index < -0.39 is 8.80 Å². The van der Waals surface area contributed by atoms with Gasteiger partial charge in [-0.3, -0.25) is 0 Å². The average Bonchev–Trinajstić information content (AvgIpc) is 2.08. The topological polar surface area (TPSA) is 27.7 Å². The Balaban J connectivity index is 4.27. The summed E-state index contributed by atoms with van der Waals surface area (Å²) in [5.41, 5.74) is 3.98. The van der Waals surface area contributed by atoms with Gasteiger partial charge in [0.25, 0.3) is 0 Å². The molecule has 0 N–H and O–H groups in total. The van der Waals surface area contributed by atoms with E-state index in [0.29, 0.717) is 0 Å². The summed E-state index contributed by atoms with van der Waals surface area (Å²) in [4.78, 5) is 0. The van der Waals surface area contributed by atoms with Crippen LogP contribution >= 0.6 is 0 Å². The van der Waals surface area contributed by atoms with Crippen LogP contribution in [-0.2, 0) is 13.3 Å². The summed E-state index contributed by atoms with van der Waals surface area (Å²) in [6.45, 7) is 6.88. The van der Waals surface area contributed by atoms with Crippen molar-refractivity contribution in [2.75, 3.05) is 14.2 Å². The second-order valence-electron chi connectivity index (χ2n) is 1.66. The van der Waals surface area contributed by atoms with Gasteiger partial charge in [0.05, 0.1) is 0 Å². The molecule has 0 aliphatic rings. The quantitative estimate of drug-likeness (QED) is 0.355. The van der Waals surface area contributed by atoms with Gasteiger partial charge in [0.2, 0.25) is 0 Å². The van der Waals surface area contributed by atoms with Crippen LogP contribution in [0.3, 0.4) is 0 Å². The molecule has 0 aromatic carbocycles. The smallest absolute Gasteiger partial charge is 0.497 e. The first kappa shape index (κ1) is 10.2. The molecule has 3 nitrogen and oxygen atoms in total. The summed E-state index contributed by atoms with van der Waals surface area (Å²) >= 11 is 0. The van der Waals surface area contributed by atoms with Crippen molar-refractivity contribution in [2.24, 2.45) is 0 Å². The molecule has 0 bridgehead atoms. The maximum atomic E-state index is 5.10. The summed E-state index contributed by atoms with van der Waals surface area (Å²) in [5, 5.41) is 0. The van der Waals surface area contributed by atoms with E-state index in [1.807, 2.05) is 0 Å². The van der Waals surface area contributed by atoms with Crippen LogP contribution in [0.1, 0.15) is 0 Å². The molecule has 11 heavy (non-hydrogen) atoms. The minimum Gasteiger partial charge on any atom is -0.497 e. The molecule has 0 spiro atoms. The van der Waals surface area contributed by atoms with Crippen LogP contribution in [0.25, 0.3) is 0 Å². The van der Waals surface area contributed by atoms with Crippen molar-refractivity contribution in [1.29, 1.82) is 0 Å². The third-order valence-electron chi connectivity index (χ3n) is 1.13. The Morgan fingerprint density at radius 2 is 1.91 bits per heavy atom. The Hall–Kier alpha value is -0.803. The zero-order valence-corrected chi connectivity index (χ0v) is 7.79. The fourth-order valence-corrected chi connectivity index (χ4v) is 1.55. The molecular formula is C7H12O3Si. The molecule has 0 aromatic heterocycles. The maximum absolute atomic E-state index is 5.10. The monoisotopic (exact) mass is 172 g/mol. The van der Waals surface area contributed by atoms with Crippen LogP contribution in [-0.4, -0.2) is 23.0 Å². The van der Waals surface area contributed by atoms with Gasteiger partial charge in [0.15, 0.2) is 0 Å². The fraction of sp³-hybridized carbons (Fsp3) is 0.286. The van der Waals surface area contributed by atoms with Crippen LogP contribution in [0.15, 0.2) is 30.9 Å². The Morgan fingerprint density at radius 3 is 2.18 bits per heavy atom. The molecule has 0 radical (unpaired) electrons. The minimum absolute atomic E-state index is 1.31. The lowest BCUT2D eigenvalue weighted by molar-refractivity contribution is 0.156. The highest BCUT2D eigenvalue weighted by Gasteiger charge is 2.36. The van der Waals surface area contributed by atoms with Gasteiger partial charge in [0, 0.05) is 14.2 Å². The van der Waals surface area contributed by atoms with E-state index >= 15 is 0 Å². The highest BCUT2D eigenvalue weighted by Crippen LogP contribution is 2.07. The van der Waals surface area contributed by atoms with E-state index in [-0.39, 0.29) is 0 Å². The molecule has 0 unspecified atom stereocenters. The standard InChI is InChI=1S/C7H12O3Si/c1-5-7-10-11(6-2,8-3)9-4/h6-7H,1-2H2,3-4H3. The van der Waals surface area contributed by atoms with Gasteiger partial charge in [-0.1, -0.05) is 18.9 Å². The second kappa shape index (κ2) is 4.93. The summed E-state index contributed by atoms with van der Waals surface area (Å²) in [6.07, 6.45) is 1.31. The van der Waals surface area contributed by atoms with Crippen LogP contribution in [0.4, 0.5) is 0 Å². The molecular weight excluding hydrogens is 160 g/mol. The van der Waals surface area contributed by atoms with E-state index in [9.17, 15) is 0 Å². The van der Waals surface area contributed by atoms with E-state index in [2.05, 4.69) is 18.9 Å². The molecule has 0 aliphatic carbocycles. The zero-order chi connectivity index (χ0) is 8.74. The van der Waals surface area contributed by atoms with Crippen LogP contribution in [0, 0.1) is 0 Å². The normalized spacial score (nSPS) is 10.0. The minimum atomic E-state index is -2.63. The van der Waals surface area contributed by atoms with Crippen LogP contribution in [0.2, 0.25) is 0 Å². The number of hydrogen-bond donors (Lipinski definition) is 0. The Labute approximate surface area is 68.0 Å². The molecule has 0 aromatic rings. The third kappa shape index (κ3) is 2.74.